The van der Waals surface area contributed by atoms with Crippen LogP contribution in [0.3, 0.4) is 0 Å². The van der Waals surface area contributed by atoms with Crippen LogP contribution in [0.2, 0.25) is 0 Å². The first kappa shape index (κ1) is 15.4. The van der Waals surface area contributed by atoms with Crippen molar-refractivity contribution in [1.82, 2.24) is 4.90 Å². The maximum Gasteiger partial charge on any atom is 0.137 e. The summed E-state index contributed by atoms with van der Waals surface area (Å²) in [7, 11) is 0. The van der Waals surface area contributed by atoms with E-state index in [1.54, 1.807) is 12.1 Å². The molecule has 3 rings (SSSR count). The molecular formula is C17H24BrFN2. The molecule has 1 heterocycles. The van der Waals surface area contributed by atoms with Crippen LogP contribution in [0.5, 0.6) is 0 Å². The molecular weight excluding hydrogens is 331 g/mol. The van der Waals surface area contributed by atoms with Gasteiger partial charge in [-0.1, -0.05) is 18.9 Å². The third-order valence-corrected chi connectivity index (χ3v) is 5.88. The first-order valence-electron chi connectivity index (χ1n) is 8.11. The molecule has 1 aliphatic heterocycles. The summed E-state index contributed by atoms with van der Waals surface area (Å²) < 4.78 is 14.4. The van der Waals surface area contributed by atoms with Gasteiger partial charge in [0.1, 0.15) is 5.82 Å². The number of nitrogens with two attached hydrogens (primary N) is 1. The summed E-state index contributed by atoms with van der Waals surface area (Å²) in [5, 5.41) is 0. The van der Waals surface area contributed by atoms with Crippen LogP contribution in [0.4, 0.5) is 4.39 Å². The third-order valence-electron chi connectivity index (χ3n) is 5.24. The predicted molar refractivity (Wildman–Crippen MR) is 87.6 cm³/mol. The van der Waals surface area contributed by atoms with Crippen molar-refractivity contribution in [3.63, 3.8) is 0 Å². The highest BCUT2D eigenvalue weighted by molar-refractivity contribution is 9.10. The molecule has 0 aromatic heterocycles. The number of hydrogen-bond acceptors (Lipinski definition) is 2. The van der Waals surface area contributed by atoms with E-state index in [4.69, 9.17) is 5.73 Å². The molecule has 3 atom stereocenters. The monoisotopic (exact) mass is 354 g/mol. The largest absolute Gasteiger partial charge is 0.329 e. The van der Waals surface area contributed by atoms with Crippen LogP contribution in [0.15, 0.2) is 22.7 Å². The Morgan fingerprint density at radius 1 is 1.24 bits per heavy atom. The average molecular weight is 355 g/mol. The van der Waals surface area contributed by atoms with Gasteiger partial charge in [0.15, 0.2) is 0 Å². The number of halogens is 2. The fraction of sp³-hybridized carbons (Fsp3) is 0.647. The molecule has 2 fully saturated rings. The van der Waals surface area contributed by atoms with E-state index in [9.17, 15) is 4.39 Å². The molecule has 1 aromatic carbocycles. The Bertz CT molecular complexity index is 492. The van der Waals surface area contributed by atoms with Gasteiger partial charge in [0.05, 0.1) is 4.47 Å². The predicted octanol–water partition coefficient (Wildman–Crippen LogP) is 4.24. The molecule has 0 bridgehead atoms. The molecule has 1 saturated carbocycles. The standard InChI is InChI=1S/C17H24BrFN2/c18-14-8-7-13(10-15(14)19)17(11-20)21-9-3-5-12-4-1-2-6-16(12)21/h7-8,10,12,16-17H,1-6,9,11,20H2. The van der Waals surface area contributed by atoms with Crippen LogP contribution in [0, 0.1) is 11.7 Å². The molecule has 1 saturated heterocycles. The molecule has 4 heteroatoms. The maximum absolute atomic E-state index is 13.9. The van der Waals surface area contributed by atoms with Gasteiger partial charge in [-0.3, -0.25) is 4.90 Å². The number of fused-ring (bicyclic) bond motifs is 1. The molecule has 2 nitrogen and oxygen atoms in total. The van der Waals surface area contributed by atoms with Crippen molar-refractivity contribution in [2.24, 2.45) is 11.7 Å². The van der Waals surface area contributed by atoms with E-state index in [2.05, 4.69) is 20.8 Å². The van der Waals surface area contributed by atoms with Crippen molar-refractivity contribution in [2.45, 2.75) is 50.6 Å². The Kier molecular flexibility index (Phi) is 4.97. The van der Waals surface area contributed by atoms with Gasteiger partial charge in [-0.05, 0) is 71.8 Å². The summed E-state index contributed by atoms with van der Waals surface area (Å²) in [5.41, 5.74) is 7.09. The van der Waals surface area contributed by atoms with Gasteiger partial charge in [-0.25, -0.2) is 4.39 Å². The Balaban J connectivity index is 1.85. The topological polar surface area (TPSA) is 29.3 Å². The van der Waals surface area contributed by atoms with Gasteiger partial charge in [0.25, 0.3) is 0 Å². The SMILES string of the molecule is NCC(c1ccc(Br)c(F)c1)N1CCCC2CCCCC21. The van der Waals surface area contributed by atoms with E-state index >= 15 is 0 Å². The number of hydrogen-bond donors (Lipinski definition) is 1. The van der Waals surface area contributed by atoms with Crippen LogP contribution in [0.25, 0.3) is 0 Å². The summed E-state index contributed by atoms with van der Waals surface area (Å²) in [4.78, 5) is 2.57. The van der Waals surface area contributed by atoms with Gasteiger partial charge in [0, 0.05) is 18.6 Å². The third kappa shape index (κ3) is 3.17. The molecule has 3 unspecified atom stereocenters. The molecule has 1 aromatic rings. The average Bonchev–Trinajstić information content (AvgIpc) is 2.52. The van der Waals surface area contributed by atoms with E-state index in [1.807, 2.05) is 6.07 Å². The molecule has 2 aliphatic rings. The van der Waals surface area contributed by atoms with Crippen molar-refractivity contribution < 1.29 is 4.39 Å². The highest BCUT2D eigenvalue weighted by atomic mass is 79.9. The zero-order valence-electron chi connectivity index (χ0n) is 12.4. The second kappa shape index (κ2) is 6.76. The molecule has 0 amide bonds. The van der Waals surface area contributed by atoms with Crippen LogP contribution in [0.1, 0.15) is 50.1 Å². The summed E-state index contributed by atoms with van der Waals surface area (Å²) in [5.74, 6) is 0.630. The second-order valence-corrected chi connectivity index (χ2v) is 7.27. The van der Waals surface area contributed by atoms with Crippen molar-refractivity contribution in [3.8, 4) is 0 Å². The zero-order valence-corrected chi connectivity index (χ0v) is 14.0. The molecule has 0 radical (unpaired) electrons. The number of rotatable bonds is 3. The first-order valence-corrected chi connectivity index (χ1v) is 8.90. The van der Waals surface area contributed by atoms with E-state index in [-0.39, 0.29) is 11.9 Å². The summed E-state index contributed by atoms with van der Waals surface area (Å²) >= 11 is 3.23. The van der Waals surface area contributed by atoms with Crippen molar-refractivity contribution >= 4 is 15.9 Å². The van der Waals surface area contributed by atoms with Gasteiger partial charge in [-0.15, -0.1) is 0 Å². The van der Waals surface area contributed by atoms with Gasteiger partial charge in [-0.2, -0.15) is 0 Å². The van der Waals surface area contributed by atoms with Crippen LogP contribution >= 0.6 is 15.9 Å². The number of piperidine rings is 1. The summed E-state index contributed by atoms with van der Waals surface area (Å²) in [6, 6.07) is 6.26. The van der Waals surface area contributed by atoms with Crippen molar-refractivity contribution in [2.75, 3.05) is 13.1 Å². The molecule has 116 valence electrons. The van der Waals surface area contributed by atoms with E-state index in [0.29, 0.717) is 17.1 Å². The Hall–Kier alpha value is -0.450. The van der Waals surface area contributed by atoms with Crippen LogP contribution in [-0.2, 0) is 0 Å². The smallest absolute Gasteiger partial charge is 0.137 e. The summed E-state index contributed by atoms with van der Waals surface area (Å²) in [6.07, 6.45) is 7.93. The lowest BCUT2D eigenvalue weighted by Crippen LogP contribution is -2.50. The first-order chi connectivity index (χ1) is 10.2. The Morgan fingerprint density at radius 2 is 2.00 bits per heavy atom. The summed E-state index contributed by atoms with van der Waals surface area (Å²) in [6.45, 7) is 1.66. The molecule has 21 heavy (non-hydrogen) atoms. The van der Waals surface area contributed by atoms with E-state index in [0.717, 1.165) is 18.0 Å². The highest BCUT2D eigenvalue weighted by Crippen LogP contribution is 2.39. The van der Waals surface area contributed by atoms with E-state index in [1.165, 1.54) is 38.5 Å². The van der Waals surface area contributed by atoms with Crippen molar-refractivity contribution in [3.05, 3.63) is 34.1 Å². The highest BCUT2D eigenvalue weighted by Gasteiger charge is 2.36. The van der Waals surface area contributed by atoms with Gasteiger partial charge in [0.2, 0.25) is 0 Å². The number of likely N-dealkylation sites (tertiary alicyclic amines) is 1. The number of benzene rings is 1. The number of nitrogens with zero attached hydrogens (tertiary/aromatic N) is 1. The minimum atomic E-state index is -0.192. The lowest BCUT2D eigenvalue weighted by atomic mass is 9.77. The van der Waals surface area contributed by atoms with E-state index < -0.39 is 0 Å². The normalized spacial score (nSPS) is 28.1. The minimum Gasteiger partial charge on any atom is -0.329 e. The van der Waals surface area contributed by atoms with Gasteiger partial charge >= 0.3 is 0 Å². The fourth-order valence-electron chi connectivity index (χ4n) is 4.23. The fourth-order valence-corrected chi connectivity index (χ4v) is 4.48. The molecule has 2 N–H and O–H groups in total. The van der Waals surface area contributed by atoms with Crippen LogP contribution in [-0.4, -0.2) is 24.0 Å². The van der Waals surface area contributed by atoms with Crippen LogP contribution < -0.4 is 5.73 Å². The molecule has 0 spiro atoms. The zero-order chi connectivity index (χ0) is 14.8. The second-order valence-electron chi connectivity index (χ2n) is 6.42. The van der Waals surface area contributed by atoms with Crippen molar-refractivity contribution in [1.29, 1.82) is 0 Å². The van der Waals surface area contributed by atoms with Gasteiger partial charge < -0.3 is 5.73 Å². The lowest BCUT2D eigenvalue weighted by Gasteiger charge is -2.47. The quantitative estimate of drug-likeness (QED) is 0.879. The Morgan fingerprint density at radius 3 is 2.76 bits per heavy atom. The molecule has 1 aliphatic carbocycles. The minimum absolute atomic E-state index is 0.151. The lowest BCUT2D eigenvalue weighted by molar-refractivity contribution is 0.0275. The maximum atomic E-state index is 13.9. The Labute approximate surface area is 135 Å².